The summed E-state index contributed by atoms with van der Waals surface area (Å²) in [5.41, 5.74) is 2.24. The number of rotatable bonds is 19. The minimum atomic E-state index is -2.29. The summed E-state index contributed by atoms with van der Waals surface area (Å²) in [7, 11) is 0. The van der Waals surface area contributed by atoms with Gasteiger partial charge in [-0.15, -0.1) is 0 Å². The van der Waals surface area contributed by atoms with E-state index in [0.29, 0.717) is 40.3 Å². The van der Waals surface area contributed by atoms with Gasteiger partial charge in [-0.1, -0.05) is 152 Å². The van der Waals surface area contributed by atoms with Crippen LogP contribution >= 0.6 is 0 Å². The van der Waals surface area contributed by atoms with Gasteiger partial charge in [-0.25, -0.2) is 9.59 Å². The molecule has 0 radical (unpaired) electrons. The maximum Gasteiger partial charge on any atom is 0.344 e. The lowest BCUT2D eigenvalue weighted by atomic mass is 9.90. The van der Waals surface area contributed by atoms with Crippen LogP contribution < -0.4 is 19.5 Å². The molecule has 0 saturated carbocycles. The molecule has 0 fully saturated rings. The molecule has 9 heteroatoms. The minimum absolute atomic E-state index is 0.142. The highest BCUT2D eigenvalue weighted by Crippen LogP contribution is 2.41. The first-order valence-electron chi connectivity index (χ1n) is 17.8. The van der Waals surface area contributed by atoms with Gasteiger partial charge in [-0.2, -0.15) is 0 Å². The molecule has 6 aromatic carbocycles. The minimum Gasteiger partial charge on any atom is -0.485 e. The van der Waals surface area contributed by atoms with Gasteiger partial charge in [0.15, 0.2) is 11.5 Å². The number of amides is 1. The Kier molecular flexibility index (Phi) is 13.3. The predicted octanol–water partition coefficient (Wildman–Crippen LogP) is 7.94. The summed E-state index contributed by atoms with van der Waals surface area (Å²) in [4.78, 5) is 40.6. The second kappa shape index (κ2) is 19.3. The Hall–Kier alpha value is -6.87. The third-order valence-corrected chi connectivity index (χ3v) is 8.68. The van der Waals surface area contributed by atoms with Crippen molar-refractivity contribution in [3.8, 4) is 17.2 Å². The van der Waals surface area contributed by atoms with Crippen LogP contribution in [0.25, 0.3) is 0 Å². The molecule has 0 unspecified atom stereocenters. The molecule has 0 bridgehead atoms. The van der Waals surface area contributed by atoms with E-state index in [0.717, 1.165) is 16.7 Å². The van der Waals surface area contributed by atoms with Crippen LogP contribution in [0.4, 0.5) is 0 Å². The molecule has 0 aliphatic rings. The van der Waals surface area contributed by atoms with Crippen LogP contribution in [0.5, 0.6) is 17.2 Å². The van der Waals surface area contributed by atoms with E-state index in [4.69, 9.17) is 23.7 Å². The van der Waals surface area contributed by atoms with Gasteiger partial charge in [-0.3, -0.25) is 4.79 Å². The molecule has 9 nitrogen and oxygen atoms in total. The van der Waals surface area contributed by atoms with Crippen LogP contribution in [-0.2, 0) is 63.3 Å². The maximum absolute atomic E-state index is 14.2. The van der Waals surface area contributed by atoms with Crippen molar-refractivity contribution in [1.82, 2.24) is 5.32 Å². The number of esters is 2. The van der Waals surface area contributed by atoms with Crippen molar-refractivity contribution in [2.24, 2.45) is 0 Å². The second-order valence-electron chi connectivity index (χ2n) is 12.7. The Labute approximate surface area is 320 Å². The fourth-order valence-electron chi connectivity index (χ4n) is 5.79. The van der Waals surface area contributed by atoms with E-state index in [1.165, 1.54) is 0 Å². The standard InChI is InChI=1S/C46H41NO8/c48-34-47-46(44(49)54-32-38-22-12-4-13-23-38,45(50)55-33-39-24-14-5-15-25-39)28-40-26-41(51-29-35-16-6-1-7-17-35)43(53-31-37-20-10-3-11-21-37)42(27-40)52-30-36-18-8-2-9-19-36/h1-27,34H,28-33H2,(H,47,48). The third kappa shape index (κ3) is 10.6. The Balaban J connectivity index is 1.40. The number of carbonyl (C=O) groups is 3. The van der Waals surface area contributed by atoms with Crippen molar-refractivity contribution >= 4 is 18.3 Å². The Morgan fingerprint density at radius 1 is 0.455 bits per heavy atom. The van der Waals surface area contributed by atoms with Gasteiger partial charge in [-0.05, 0) is 45.5 Å². The zero-order valence-corrected chi connectivity index (χ0v) is 30.2. The summed E-state index contributed by atoms with van der Waals surface area (Å²) >= 11 is 0. The van der Waals surface area contributed by atoms with Crippen LogP contribution in [0.1, 0.15) is 33.4 Å². The lowest BCUT2D eigenvalue weighted by Crippen LogP contribution is -2.60. The van der Waals surface area contributed by atoms with E-state index in [2.05, 4.69) is 5.32 Å². The lowest BCUT2D eigenvalue weighted by molar-refractivity contribution is -0.169. The summed E-state index contributed by atoms with van der Waals surface area (Å²) in [6.07, 6.45) is -0.0696. The number of nitrogens with one attached hydrogen (secondary N) is 1. The molecule has 6 aromatic rings. The van der Waals surface area contributed by atoms with Gasteiger partial charge in [0.05, 0.1) is 0 Å². The Morgan fingerprint density at radius 3 is 1.13 bits per heavy atom. The van der Waals surface area contributed by atoms with Crippen LogP contribution in [0.15, 0.2) is 164 Å². The smallest absolute Gasteiger partial charge is 0.344 e. The van der Waals surface area contributed by atoms with E-state index in [1.807, 2.05) is 127 Å². The average Bonchev–Trinajstić information content (AvgIpc) is 3.24. The summed E-state index contributed by atoms with van der Waals surface area (Å²) < 4.78 is 30.7. The first-order valence-corrected chi connectivity index (χ1v) is 17.8. The lowest BCUT2D eigenvalue weighted by Gasteiger charge is -2.29. The zero-order chi connectivity index (χ0) is 38.1. The van der Waals surface area contributed by atoms with E-state index in [9.17, 15) is 14.4 Å². The summed E-state index contributed by atoms with van der Waals surface area (Å²) in [5.74, 6) is -1.06. The van der Waals surface area contributed by atoms with Crippen LogP contribution in [0.2, 0.25) is 0 Å². The highest BCUT2D eigenvalue weighted by atomic mass is 16.6. The average molecular weight is 736 g/mol. The predicted molar refractivity (Wildman–Crippen MR) is 207 cm³/mol. The molecule has 0 aliphatic heterocycles. The highest BCUT2D eigenvalue weighted by molar-refractivity contribution is 6.06. The molecule has 1 amide bonds. The SMILES string of the molecule is O=CNC(Cc1cc(OCc2ccccc2)c(OCc2ccccc2)c(OCc2ccccc2)c1)(C(=O)OCc1ccccc1)C(=O)OCc1ccccc1. The molecule has 0 atom stereocenters. The van der Waals surface area contributed by atoms with Gasteiger partial charge in [0.2, 0.25) is 17.7 Å². The normalized spacial score (nSPS) is 10.8. The summed E-state index contributed by atoms with van der Waals surface area (Å²) in [6.45, 7) is 0.284. The highest BCUT2D eigenvalue weighted by Gasteiger charge is 2.50. The number of hydrogen-bond donors (Lipinski definition) is 1. The van der Waals surface area contributed by atoms with Crippen LogP contribution in [0.3, 0.4) is 0 Å². The van der Waals surface area contributed by atoms with Gasteiger partial charge in [0.25, 0.3) is 0 Å². The van der Waals surface area contributed by atoms with Crippen molar-refractivity contribution in [2.45, 2.75) is 45.0 Å². The molecule has 0 heterocycles. The van der Waals surface area contributed by atoms with Gasteiger partial charge in [0, 0.05) is 6.42 Å². The molecular formula is C46H41NO8. The molecule has 0 aliphatic carbocycles. The first kappa shape index (κ1) is 37.9. The number of hydrogen-bond acceptors (Lipinski definition) is 8. The van der Waals surface area contributed by atoms with E-state index < -0.39 is 17.5 Å². The van der Waals surface area contributed by atoms with Crippen molar-refractivity contribution in [2.75, 3.05) is 0 Å². The monoisotopic (exact) mass is 735 g/mol. The van der Waals surface area contributed by atoms with Crippen LogP contribution in [0, 0.1) is 0 Å². The largest absolute Gasteiger partial charge is 0.485 e. The number of ether oxygens (including phenoxy) is 5. The Bertz CT molecular complexity index is 1990. The first-order chi connectivity index (χ1) is 27.0. The topological polar surface area (TPSA) is 109 Å². The van der Waals surface area contributed by atoms with Crippen molar-refractivity contribution in [3.05, 3.63) is 197 Å². The molecular weight excluding hydrogens is 695 g/mol. The maximum atomic E-state index is 14.2. The summed E-state index contributed by atoms with van der Waals surface area (Å²) in [5, 5.41) is 2.49. The quantitative estimate of drug-likeness (QED) is 0.0508. The third-order valence-electron chi connectivity index (χ3n) is 8.68. The molecule has 278 valence electrons. The molecule has 0 aromatic heterocycles. The molecule has 0 spiro atoms. The van der Waals surface area contributed by atoms with E-state index in [1.54, 1.807) is 36.4 Å². The fourth-order valence-corrected chi connectivity index (χ4v) is 5.79. The number of carbonyl (C=O) groups excluding carboxylic acids is 3. The molecule has 55 heavy (non-hydrogen) atoms. The van der Waals surface area contributed by atoms with Crippen molar-refractivity contribution in [3.63, 3.8) is 0 Å². The second-order valence-corrected chi connectivity index (χ2v) is 12.7. The Morgan fingerprint density at radius 2 is 0.782 bits per heavy atom. The molecule has 1 N–H and O–H groups in total. The molecule has 0 saturated heterocycles. The molecule has 6 rings (SSSR count). The zero-order valence-electron chi connectivity index (χ0n) is 30.2. The van der Waals surface area contributed by atoms with Gasteiger partial charge < -0.3 is 29.0 Å². The van der Waals surface area contributed by atoms with Gasteiger partial charge in [0.1, 0.15) is 33.0 Å². The van der Waals surface area contributed by atoms with Gasteiger partial charge >= 0.3 is 11.9 Å². The van der Waals surface area contributed by atoms with E-state index in [-0.39, 0.29) is 39.5 Å². The van der Waals surface area contributed by atoms with E-state index >= 15 is 0 Å². The summed E-state index contributed by atoms with van der Waals surface area (Å²) in [6, 6.07) is 50.3. The van der Waals surface area contributed by atoms with Crippen molar-refractivity contribution < 1.29 is 38.1 Å². The van der Waals surface area contributed by atoms with Crippen LogP contribution in [-0.4, -0.2) is 23.9 Å². The number of benzene rings is 6. The van der Waals surface area contributed by atoms with Crippen molar-refractivity contribution in [1.29, 1.82) is 0 Å². The fraction of sp³-hybridized carbons (Fsp3) is 0.152.